The second-order valence-corrected chi connectivity index (χ2v) is 4.54. The summed E-state index contributed by atoms with van der Waals surface area (Å²) < 4.78 is 0. The number of nitrogens with two attached hydrogens (primary N) is 1. The molecule has 1 aromatic heterocycles. The number of benzene rings is 1. The topological polar surface area (TPSA) is 76.2 Å². The highest BCUT2D eigenvalue weighted by atomic mass is 32.2. The molecular weight excluding hydrogens is 257 g/mol. The van der Waals surface area contributed by atoms with E-state index < -0.39 is 0 Å². The highest BCUT2D eigenvalue weighted by molar-refractivity contribution is 7.98. The third-order valence-electron chi connectivity index (χ3n) is 2.45. The summed E-state index contributed by atoms with van der Waals surface area (Å²) in [7, 11) is 5.16. The quantitative estimate of drug-likeness (QED) is 0.504. The molecule has 0 aliphatic heterocycles. The molecule has 2 radical (unpaired) electrons. The Bertz CT molecular complexity index is 602. The van der Waals surface area contributed by atoms with Gasteiger partial charge in [0.05, 0.1) is 5.56 Å². The Kier molecular flexibility index (Phi) is 4.41. The van der Waals surface area contributed by atoms with Crippen LogP contribution in [0.2, 0.25) is 0 Å². The largest absolute Gasteiger partial charge is 0.383 e. The third-order valence-corrected chi connectivity index (χ3v) is 3.18. The second-order valence-electron chi connectivity index (χ2n) is 3.66. The predicted octanol–water partition coefficient (Wildman–Crippen LogP) is 2.03. The fourth-order valence-electron chi connectivity index (χ4n) is 1.55. The summed E-state index contributed by atoms with van der Waals surface area (Å²) in [5, 5.41) is 3.18. The molecule has 1 aromatic carbocycles. The van der Waals surface area contributed by atoms with Gasteiger partial charge in [-0.3, -0.25) is 0 Å². The standard InChI is InChI=1S/C12H12BN5S/c1-19-9-4-2-3-8(5-9)18-12-10(6-17-13)11(14)15-7-16-12/h2-7H,1H3,(H3,14,15,16,18). The highest BCUT2D eigenvalue weighted by Crippen LogP contribution is 2.23. The summed E-state index contributed by atoms with van der Waals surface area (Å²) in [5.74, 6) is 0.896. The van der Waals surface area contributed by atoms with Crippen molar-refractivity contribution in [2.45, 2.75) is 4.90 Å². The van der Waals surface area contributed by atoms with Crippen LogP contribution in [0, 0.1) is 0 Å². The lowest BCUT2D eigenvalue weighted by Gasteiger charge is -2.10. The Balaban J connectivity index is 2.35. The maximum Gasteiger partial charge on any atom is 0.259 e. The summed E-state index contributed by atoms with van der Waals surface area (Å²) in [5.41, 5.74) is 7.26. The van der Waals surface area contributed by atoms with Crippen molar-refractivity contribution >= 4 is 43.3 Å². The van der Waals surface area contributed by atoms with Crippen LogP contribution < -0.4 is 11.1 Å². The molecule has 3 N–H and O–H groups in total. The maximum absolute atomic E-state index is 5.78. The summed E-state index contributed by atoms with van der Waals surface area (Å²) in [6.07, 6.45) is 4.84. The Morgan fingerprint density at radius 3 is 3.00 bits per heavy atom. The number of nitrogen functional groups attached to an aromatic ring is 1. The van der Waals surface area contributed by atoms with Crippen LogP contribution in [0.15, 0.2) is 40.4 Å². The lowest BCUT2D eigenvalue weighted by atomic mass is 10.2. The zero-order chi connectivity index (χ0) is 13.7. The van der Waals surface area contributed by atoms with Crippen molar-refractivity contribution in [1.82, 2.24) is 9.97 Å². The normalized spacial score (nSPS) is 10.8. The van der Waals surface area contributed by atoms with Crippen molar-refractivity contribution in [3.63, 3.8) is 0 Å². The van der Waals surface area contributed by atoms with Gasteiger partial charge in [-0.15, -0.1) is 11.8 Å². The minimum atomic E-state index is 0.327. The maximum atomic E-state index is 5.78. The molecule has 1 heterocycles. The molecule has 0 aliphatic carbocycles. The van der Waals surface area contributed by atoms with E-state index in [-0.39, 0.29) is 0 Å². The van der Waals surface area contributed by atoms with E-state index in [1.165, 1.54) is 12.5 Å². The number of hydrogen-bond donors (Lipinski definition) is 2. The molecule has 0 spiro atoms. The average molecular weight is 269 g/mol. The summed E-state index contributed by atoms with van der Waals surface area (Å²) in [6.45, 7) is 0. The second kappa shape index (κ2) is 6.24. The van der Waals surface area contributed by atoms with E-state index >= 15 is 0 Å². The van der Waals surface area contributed by atoms with Crippen LogP contribution in [0.4, 0.5) is 17.3 Å². The molecule has 7 heteroatoms. The molecule has 2 aromatic rings. The van der Waals surface area contributed by atoms with Crippen molar-refractivity contribution in [3.8, 4) is 0 Å². The third kappa shape index (κ3) is 3.26. The Hall–Kier alpha value is -2.02. The van der Waals surface area contributed by atoms with Gasteiger partial charge in [0.25, 0.3) is 7.98 Å². The molecule has 0 unspecified atom stereocenters. The first kappa shape index (κ1) is 13.4. The van der Waals surface area contributed by atoms with Gasteiger partial charge in [-0.05, 0) is 24.5 Å². The first-order valence-corrected chi connectivity index (χ1v) is 6.72. The molecule has 0 bridgehead atoms. The smallest absolute Gasteiger partial charge is 0.259 e. The van der Waals surface area contributed by atoms with E-state index in [4.69, 9.17) is 13.7 Å². The number of thioether (sulfide) groups is 1. The van der Waals surface area contributed by atoms with Crippen molar-refractivity contribution in [1.29, 1.82) is 0 Å². The molecule has 0 amide bonds. The molecule has 2 rings (SSSR count). The van der Waals surface area contributed by atoms with Gasteiger partial charge in [0, 0.05) is 16.8 Å². The molecule has 0 saturated heterocycles. The summed E-state index contributed by atoms with van der Waals surface area (Å²) >= 11 is 1.67. The zero-order valence-corrected chi connectivity index (χ0v) is 11.2. The molecule has 94 valence electrons. The summed E-state index contributed by atoms with van der Waals surface area (Å²) in [6, 6.07) is 7.97. The van der Waals surface area contributed by atoms with Gasteiger partial charge in [0.15, 0.2) is 0 Å². The number of nitrogens with one attached hydrogen (secondary N) is 1. The minimum Gasteiger partial charge on any atom is -0.383 e. The molecule has 0 atom stereocenters. The van der Waals surface area contributed by atoms with Crippen molar-refractivity contribution < 1.29 is 0 Å². The van der Waals surface area contributed by atoms with E-state index in [0.29, 0.717) is 17.2 Å². The first-order chi connectivity index (χ1) is 9.24. The van der Waals surface area contributed by atoms with Gasteiger partial charge < -0.3 is 16.0 Å². The number of nitrogens with zero attached hydrogens (tertiary/aromatic N) is 3. The van der Waals surface area contributed by atoms with Gasteiger partial charge >= 0.3 is 0 Å². The van der Waals surface area contributed by atoms with Crippen LogP contribution in [-0.4, -0.2) is 30.4 Å². The van der Waals surface area contributed by atoms with Gasteiger partial charge in [-0.1, -0.05) is 6.07 Å². The zero-order valence-electron chi connectivity index (χ0n) is 10.4. The van der Waals surface area contributed by atoms with Gasteiger partial charge in [-0.2, -0.15) is 0 Å². The Labute approximate surface area is 117 Å². The molecule has 0 fully saturated rings. The Morgan fingerprint density at radius 2 is 2.26 bits per heavy atom. The number of rotatable bonds is 4. The van der Waals surface area contributed by atoms with Crippen LogP contribution in [0.3, 0.4) is 0 Å². The molecule has 0 saturated carbocycles. The lowest BCUT2D eigenvalue weighted by molar-refractivity contribution is 1.17. The van der Waals surface area contributed by atoms with Gasteiger partial charge in [-0.25, -0.2) is 9.97 Å². The fourth-order valence-corrected chi connectivity index (χ4v) is 2.01. The van der Waals surface area contributed by atoms with Crippen molar-refractivity contribution in [2.24, 2.45) is 4.90 Å². The molecule has 5 nitrogen and oxygen atoms in total. The van der Waals surface area contributed by atoms with Gasteiger partial charge in [0.1, 0.15) is 18.0 Å². The van der Waals surface area contributed by atoms with Crippen LogP contribution in [0.5, 0.6) is 0 Å². The monoisotopic (exact) mass is 269 g/mol. The molecule has 0 aliphatic rings. The molecule has 19 heavy (non-hydrogen) atoms. The number of aromatic nitrogens is 2. The van der Waals surface area contributed by atoms with E-state index in [0.717, 1.165) is 10.6 Å². The van der Waals surface area contributed by atoms with Crippen molar-refractivity contribution in [3.05, 3.63) is 36.2 Å². The SMILES string of the molecule is [B]N=Cc1c(N)ncnc1Nc1cccc(SC)c1. The van der Waals surface area contributed by atoms with E-state index in [9.17, 15) is 0 Å². The number of hydrogen-bond acceptors (Lipinski definition) is 6. The van der Waals surface area contributed by atoms with Crippen molar-refractivity contribution in [2.75, 3.05) is 17.3 Å². The van der Waals surface area contributed by atoms with E-state index in [1.54, 1.807) is 11.8 Å². The van der Waals surface area contributed by atoms with E-state index in [1.807, 2.05) is 30.5 Å². The minimum absolute atomic E-state index is 0.327. The van der Waals surface area contributed by atoms with Crippen LogP contribution >= 0.6 is 11.8 Å². The fraction of sp³-hybridized carbons (Fsp3) is 0.0833. The van der Waals surface area contributed by atoms with Gasteiger partial charge in [0.2, 0.25) is 0 Å². The first-order valence-electron chi connectivity index (χ1n) is 5.49. The van der Waals surface area contributed by atoms with Crippen LogP contribution in [-0.2, 0) is 0 Å². The van der Waals surface area contributed by atoms with Crippen LogP contribution in [0.1, 0.15) is 5.56 Å². The van der Waals surface area contributed by atoms with Crippen LogP contribution in [0.25, 0.3) is 0 Å². The van der Waals surface area contributed by atoms with E-state index in [2.05, 4.69) is 20.2 Å². The average Bonchev–Trinajstić information content (AvgIpc) is 2.43. The molecular formula is C12H12BN5S. The predicted molar refractivity (Wildman–Crippen MR) is 81.3 cm³/mol. The Morgan fingerprint density at radius 1 is 1.42 bits per heavy atom. The summed E-state index contributed by atoms with van der Waals surface area (Å²) in [4.78, 5) is 12.7. The lowest BCUT2D eigenvalue weighted by Crippen LogP contribution is -2.04. The highest BCUT2D eigenvalue weighted by Gasteiger charge is 2.07. The number of anilines is 3.